The summed E-state index contributed by atoms with van der Waals surface area (Å²) < 4.78 is 38.3. The molecule has 5 rings (SSSR count). The molecule has 0 spiro atoms. The van der Waals surface area contributed by atoms with E-state index in [1.54, 1.807) is 18.3 Å². The summed E-state index contributed by atoms with van der Waals surface area (Å²) in [5, 5.41) is 13.9. The summed E-state index contributed by atoms with van der Waals surface area (Å²) in [6.45, 7) is 0.397. The number of aromatic nitrogens is 3. The van der Waals surface area contributed by atoms with E-state index in [0.717, 1.165) is 5.56 Å². The van der Waals surface area contributed by atoms with Gasteiger partial charge in [-0.25, -0.2) is 15.0 Å². The topological polar surface area (TPSA) is 88.0 Å². The lowest BCUT2D eigenvalue weighted by Crippen LogP contribution is -2.46. The van der Waals surface area contributed by atoms with E-state index in [1.807, 2.05) is 0 Å². The van der Waals surface area contributed by atoms with Crippen molar-refractivity contribution in [3.05, 3.63) is 40.7 Å². The van der Waals surface area contributed by atoms with Gasteiger partial charge in [-0.3, -0.25) is 4.79 Å². The Morgan fingerprint density at radius 2 is 2.00 bits per heavy atom. The van der Waals surface area contributed by atoms with Crippen molar-refractivity contribution in [3.8, 4) is 11.4 Å². The van der Waals surface area contributed by atoms with Crippen LogP contribution in [0.3, 0.4) is 0 Å². The lowest BCUT2D eigenvalue weighted by Gasteiger charge is -2.43. The van der Waals surface area contributed by atoms with Gasteiger partial charge in [-0.2, -0.15) is 13.2 Å². The summed E-state index contributed by atoms with van der Waals surface area (Å²) in [5.41, 5.74) is 0.327. The Hall–Kier alpha value is -2.59. The summed E-state index contributed by atoms with van der Waals surface area (Å²) in [7, 11) is 0. The van der Waals surface area contributed by atoms with Crippen LogP contribution in [0.5, 0.6) is 0 Å². The van der Waals surface area contributed by atoms with Gasteiger partial charge in [0.15, 0.2) is 5.82 Å². The van der Waals surface area contributed by atoms with Gasteiger partial charge in [0.05, 0.1) is 5.92 Å². The second-order valence-electron chi connectivity index (χ2n) is 7.16. The molecule has 2 aliphatic rings. The largest absolute Gasteiger partial charge is 0.392 e. The SMILES string of the molecule is O=C1NCc2cc(-c3ncc4cc(C5(O)CC(C(F)(F)F)C5)sc4n3)cnc21. The number of nitrogens with one attached hydrogen (secondary N) is 1. The van der Waals surface area contributed by atoms with E-state index in [2.05, 4.69) is 20.3 Å². The predicted octanol–water partition coefficient (Wildman–Crippen LogP) is 3.16. The zero-order valence-corrected chi connectivity index (χ0v) is 15.1. The molecular weight excluding hydrogens is 393 g/mol. The highest BCUT2D eigenvalue weighted by atomic mass is 32.1. The molecule has 144 valence electrons. The Morgan fingerprint density at radius 1 is 1.21 bits per heavy atom. The van der Waals surface area contributed by atoms with Gasteiger partial charge in [0.2, 0.25) is 0 Å². The normalized spacial score (nSPS) is 24.1. The van der Waals surface area contributed by atoms with Gasteiger partial charge in [0.1, 0.15) is 16.1 Å². The van der Waals surface area contributed by atoms with Gasteiger partial charge >= 0.3 is 6.18 Å². The van der Waals surface area contributed by atoms with Crippen molar-refractivity contribution in [2.24, 2.45) is 5.92 Å². The number of pyridine rings is 1. The van der Waals surface area contributed by atoms with Gasteiger partial charge in [-0.15, -0.1) is 11.3 Å². The maximum absolute atomic E-state index is 12.8. The number of aliphatic hydroxyl groups is 1. The van der Waals surface area contributed by atoms with E-state index in [4.69, 9.17) is 0 Å². The number of carbonyl (C=O) groups excluding carboxylic acids is 1. The van der Waals surface area contributed by atoms with Gasteiger partial charge in [0.25, 0.3) is 5.91 Å². The fraction of sp³-hybridized carbons (Fsp3) is 0.333. The third-order valence-corrected chi connectivity index (χ3v) is 6.48. The maximum atomic E-state index is 12.8. The molecule has 1 aliphatic heterocycles. The van der Waals surface area contributed by atoms with Crippen LogP contribution < -0.4 is 5.32 Å². The highest BCUT2D eigenvalue weighted by molar-refractivity contribution is 7.18. The predicted molar refractivity (Wildman–Crippen MR) is 94.5 cm³/mol. The number of thiophene rings is 1. The standard InChI is InChI=1S/C18H13F3N4O2S/c19-18(20,21)11-3-17(27,4-11)12-2-10-7-23-14(25-16(10)28-12)9-1-8-5-24-15(26)13(8)22-6-9/h1-2,6-7,11,27H,3-5H2,(H,24,26). The number of halogens is 3. The molecule has 0 saturated heterocycles. The third-order valence-electron chi connectivity index (χ3n) is 5.24. The fourth-order valence-electron chi connectivity index (χ4n) is 3.62. The van der Waals surface area contributed by atoms with Crippen molar-refractivity contribution >= 4 is 27.5 Å². The molecule has 4 heterocycles. The smallest absolute Gasteiger partial charge is 0.384 e. The Kier molecular flexibility index (Phi) is 3.57. The first kappa shape index (κ1) is 17.5. The first-order chi connectivity index (χ1) is 13.2. The number of nitrogens with zero attached hydrogens (tertiary/aromatic N) is 3. The van der Waals surface area contributed by atoms with Gasteiger partial charge in [0, 0.05) is 40.3 Å². The van der Waals surface area contributed by atoms with Crippen molar-refractivity contribution in [2.75, 3.05) is 0 Å². The summed E-state index contributed by atoms with van der Waals surface area (Å²) >= 11 is 1.17. The second kappa shape index (κ2) is 5.71. The van der Waals surface area contributed by atoms with E-state index >= 15 is 0 Å². The second-order valence-corrected chi connectivity index (χ2v) is 8.19. The van der Waals surface area contributed by atoms with Gasteiger partial charge < -0.3 is 10.4 Å². The number of fused-ring (bicyclic) bond motifs is 2. The Morgan fingerprint density at radius 3 is 2.75 bits per heavy atom. The number of carbonyl (C=O) groups is 1. The van der Waals surface area contributed by atoms with Crippen molar-refractivity contribution in [1.29, 1.82) is 0 Å². The molecule has 2 N–H and O–H groups in total. The highest BCUT2D eigenvalue weighted by Crippen LogP contribution is 2.54. The zero-order chi connectivity index (χ0) is 19.7. The van der Waals surface area contributed by atoms with Crippen molar-refractivity contribution in [1.82, 2.24) is 20.3 Å². The molecule has 1 aliphatic carbocycles. The summed E-state index contributed by atoms with van der Waals surface area (Å²) in [6.07, 6.45) is -1.85. The zero-order valence-electron chi connectivity index (χ0n) is 14.2. The van der Waals surface area contributed by atoms with Crippen LogP contribution in [0.4, 0.5) is 13.2 Å². The van der Waals surface area contributed by atoms with Crippen molar-refractivity contribution < 1.29 is 23.1 Å². The lowest BCUT2D eigenvalue weighted by molar-refractivity contribution is -0.241. The molecular formula is C18H13F3N4O2S. The number of amides is 1. The Bertz CT molecular complexity index is 1120. The number of alkyl halides is 3. The van der Waals surface area contributed by atoms with E-state index in [9.17, 15) is 23.1 Å². The van der Waals surface area contributed by atoms with Crippen LogP contribution in [-0.4, -0.2) is 32.1 Å². The van der Waals surface area contributed by atoms with Crippen LogP contribution in [0.1, 0.15) is 33.8 Å². The molecule has 6 nitrogen and oxygen atoms in total. The minimum atomic E-state index is -4.29. The van der Waals surface area contributed by atoms with Crippen molar-refractivity contribution in [2.45, 2.75) is 31.2 Å². The van der Waals surface area contributed by atoms with Crippen LogP contribution in [-0.2, 0) is 12.1 Å². The van der Waals surface area contributed by atoms with Crippen LogP contribution in [0.25, 0.3) is 21.6 Å². The minimum absolute atomic E-state index is 0.216. The number of hydrogen-bond acceptors (Lipinski definition) is 6. The quantitative estimate of drug-likeness (QED) is 0.683. The molecule has 0 unspecified atom stereocenters. The van der Waals surface area contributed by atoms with Gasteiger partial charge in [-0.1, -0.05) is 0 Å². The van der Waals surface area contributed by atoms with Gasteiger partial charge in [-0.05, 0) is 25.0 Å². The van der Waals surface area contributed by atoms with Crippen molar-refractivity contribution in [3.63, 3.8) is 0 Å². The van der Waals surface area contributed by atoms with Crippen LogP contribution in [0, 0.1) is 5.92 Å². The highest BCUT2D eigenvalue weighted by Gasteiger charge is 2.56. The van der Waals surface area contributed by atoms with E-state index in [0.29, 0.717) is 38.7 Å². The molecule has 0 radical (unpaired) electrons. The molecule has 3 aromatic heterocycles. The van der Waals surface area contributed by atoms with Crippen LogP contribution in [0.2, 0.25) is 0 Å². The molecule has 0 bridgehead atoms. The van der Waals surface area contributed by atoms with E-state index < -0.39 is 17.7 Å². The molecule has 0 atom stereocenters. The summed E-state index contributed by atoms with van der Waals surface area (Å²) in [4.78, 5) is 25.6. The molecule has 3 aromatic rings. The monoisotopic (exact) mass is 406 g/mol. The Labute approximate surface area is 160 Å². The molecule has 28 heavy (non-hydrogen) atoms. The maximum Gasteiger partial charge on any atom is 0.392 e. The molecule has 1 fully saturated rings. The van der Waals surface area contributed by atoms with Crippen LogP contribution >= 0.6 is 11.3 Å². The minimum Gasteiger partial charge on any atom is -0.384 e. The number of rotatable bonds is 2. The molecule has 10 heteroatoms. The Balaban J connectivity index is 1.46. The lowest BCUT2D eigenvalue weighted by atomic mass is 9.70. The first-order valence-electron chi connectivity index (χ1n) is 8.57. The summed E-state index contributed by atoms with van der Waals surface area (Å²) in [6, 6.07) is 3.45. The molecule has 0 aromatic carbocycles. The first-order valence-corrected chi connectivity index (χ1v) is 9.38. The molecule has 1 saturated carbocycles. The average molecular weight is 406 g/mol. The fourth-order valence-corrected chi connectivity index (χ4v) is 4.73. The third kappa shape index (κ3) is 2.67. The molecule has 1 amide bonds. The summed E-state index contributed by atoms with van der Waals surface area (Å²) in [5.74, 6) is -1.28. The number of hydrogen-bond donors (Lipinski definition) is 2. The van der Waals surface area contributed by atoms with E-state index in [1.165, 1.54) is 17.5 Å². The van der Waals surface area contributed by atoms with Crippen LogP contribution in [0.15, 0.2) is 24.5 Å². The van der Waals surface area contributed by atoms with E-state index in [-0.39, 0.29) is 18.7 Å². The average Bonchev–Trinajstić information content (AvgIpc) is 3.21.